The van der Waals surface area contributed by atoms with Gasteiger partial charge >= 0.3 is 6.18 Å². The summed E-state index contributed by atoms with van der Waals surface area (Å²) >= 11 is 12.4. The van der Waals surface area contributed by atoms with Gasteiger partial charge in [-0.25, -0.2) is 9.50 Å². The number of ether oxygens (including phenoxy) is 1. The molecule has 0 radical (unpaired) electrons. The minimum absolute atomic E-state index is 0.0508. The minimum Gasteiger partial charge on any atom is -0.489 e. The van der Waals surface area contributed by atoms with E-state index in [2.05, 4.69) is 20.2 Å². The van der Waals surface area contributed by atoms with Crippen molar-refractivity contribution in [1.82, 2.24) is 24.7 Å². The van der Waals surface area contributed by atoms with Crippen molar-refractivity contribution >= 4 is 28.8 Å². The van der Waals surface area contributed by atoms with Gasteiger partial charge in [0, 0.05) is 11.6 Å². The SMILES string of the molecule is OCC(O)COc1cc(Cl)c(-c2noc(-c3cn4nc(C(F)(F)F)ccc4n3)n2)cc1Cl. The third kappa shape index (κ3) is 4.48. The second-order valence-corrected chi connectivity index (χ2v) is 7.29. The Morgan fingerprint density at radius 3 is 2.66 bits per heavy atom. The van der Waals surface area contributed by atoms with E-state index < -0.39 is 24.6 Å². The fourth-order valence-corrected chi connectivity index (χ4v) is 3.08. The molecule has 2 N–H and O–H groups in total. The average Bonchev–Trinajstić information content (AvgIpc) is 3.39. The number of hydrogen-bond acceptors (Lipinski definition) is 8. The summed E-state index contributed by atoms with van der Waals surface area (Å²) in [7, 11) is 0. The zero-order valence-electron chi connectivity index (χ0n) is 15.7. The highest BCUT2D eigenvalue weighted by molar-refractivity contribution is 6.36. The summed E-state index contributed by atoms with van der Waals surface area (Å²) in [6.07, 6.45) is -4.46. The average molecular weight is 490 g/mol. The van der Waals surface area contributed by atoms with E-state index in [0.717, 1.165) is 10.6 Å². The monoisotopic (exact) mass is 489 g/mol. The zero-order chi connectivity index (χ0) is 23.0. The Labute approximate surface area is 187 Å². The van der Waals surface area contributed by atoms with Gasteiger partial charge in [0.05, 0.1) is 22.8 Å². The van der Waals surface area contributed by atoms with E-state index in [1.807, 2.05) is 0 Å². The van der Waals surface area contributed by atoms with Gasteiger partial charge in [-0.2, -0.15) is 23.3 Å². The van der Waals surface area contributed by atoms with Gasteiger partial charge in [0.1, 0.15) is 24.2 Å². The molecular formula is C18H12Cl2F3N5O4. The molecule has 3 heterocycles. The van der Waals surface area contributed by atoms with Crippen molar-refractivity contribution in [1.29, 1.82) is 0 Å². The van der Waals surface area contributed by atoms with Gasteiger partial charge in [0.25, 0.3) is 5.89 Å². The summed E-state index contributed by atoms with van der Waals surface area (Å²) in [4.78, 5) is 8.31. The van der Waals surface area contributed by atoms with Crippen molar-refractivity contribution in [3.8, 4) is 28.7 Å². The Morgan fingerprint density at radius 2 is 1.94 bits per heavy atom. The van der Waals surface area contributed by atoms with Crippen LogP contribution in [0.1, 0.15) is 5.69 Å². The lowest BCUT2D eigenvalue weighted by Gasteiger charge is -2.12. The number of alkyl halides is 3. The largest absolute Gasteiger partial charge is 0.489 e. The Balaban J connectivity index is 1.62. The number of fused-ring (bicyclic) bond motifs is 1. The molecular weight excluding hydrogens is 478 g/mol. The number of benzene rings is 1. The van der Waals surface area contributed by atoms with Crippen molar-refractivity contribution < 1.29 is 32.6 Å². The molecule has 0 saturated heterocycles. The molecule has 0 spiro atoms. The summed E-state index contributed by atoms with van der Waals surface area (Å²) in [5.74, 6) is 0.149. The van der Waals surface area contributed by atoms with Crippen molar-refractivity contribution in [3.63, 3.8) is 0 Å². The number of hydrogen-bond donors (Lipinski definition) is 2. The van der Waals surface area contributed by atoms with Crippen molar-refractivity contribution in [3.05, 3.63) is 46.2 Å². The van der Waals surface area contributed by atoms with E-state index in [4.69, 9.17) is 37.6 Å². The number of nitrogens with zero attached hydrogens (tertiary/aromatic N) is 5. The molecule has 0 aliphatic carbocycles. The molecule has 1 atom stereocenters. The second-order valence-electron chi connectivity index (χ2n) is 6.48. The van der Waals surface area contributed by atoms with Crippen LogP contribution in [0.4, 0.5) is 13.2 Å². The van der Waals surface area contributed by atoms with Gasteiger partial charge < -0.3 is 19.5 Å². The van der Waals surface area contributed by atoms with Crippen molar-refractivity contribution in [2.75, 3.05) is 13.2 Å². The molecule has 1 aromatic carbocycles. The smallest absolute Gasteiger partial charge is 0.435 e. The van der Waals surface area contributed by atoms with Crippen LogP contribution in [0, 0.1) is 0 Å². The molecule has 14 heteroatoms. The number of aliphatic hydroxyl groups is 2. The Hall–Kier alpha value is -2.93. The molecule has 9 nitrogen and oxygen atoms in total. The van der Waals surface area contributed by atoms with Gasteiger partial charge in [0.15, 0.2) is 11.3 Å². The molecule has 0 amide bonds. The topological polar surface area (TPSA) is 119 Å². The Bertz CT molecular complexity index is 1280. The van der Waals surface area contributed by atoms with Gasteiger partial charge in [-0.15, -0.1) is 0 Å². The van der Waals surface area contributed by atoms with Gasteiger partial charge in [-0.05, 0) is 18.2 Å². The van der Waals surface area contributed by atoms with Crippen LogP contribution in [-0.4, -0.2) is 54.3 Å². The first-order chi connectivity index (χ1) is 15.2. The number of aliphatic hydroxyl groups excluding tert-OH is 2. The highest BCUT2D eigenvalue weighted by atomic mass is 35.5. The van der Waals surface area contributed by atoms with E-state index in [0.29, 0.717) is 5.56 Å². The second kappa shape index (κ2) is 8.54. The summed E-state index contributed by atoms with van der Waals surface area (Å²) in [6, 6.07) is 4.78. The summed E-state index contributed by atoms with van der Waals surface area (Å²) in [5.41, 5.74) is -0.519. The molecule has 0 aliphatic rings. The first-order valence-electron chi connectivity index (χ1n) is 8.84. The minimum atomic E-state index is -4.60. The fourth-order valence-electron chi connectivity index (χ4n) is 2.62. The summed E-state index contributed by atoms with van der Waals surface area (Å²) in [6.45, 7) is -0.679. The third-order valence-corrected chi connectivity index (χ3v) is 4.77. The Morgan fingerprint density at radius 1 is 1.16 bits per heavy atom. The molecule has 3 aromatic heterocycles. The summed E-state index contributed by atoms with van der Waals surface area (Å²) < 4.78 is 50.0. The molecule has 168 valence electrons. The van der Waals surface area contributed by atoms with Crippen LogP contribution in [-0.2, 0) is 6.18 Å². The van der Waals surface area contributed by atoms with Gasteiger partial charge in [0.2, 0.25) is 5.82 Å². The van der Waals surface area contributed by atoms with E-state index in [9.17, 15) is 18.3 Å². The molecule has 0 fully saturated rings. The van der Waals surface area contributed by atoms with E-state index in [1.54, 1.807) is 0 Å². The molecule has 0 saturated carbocycles. The lowest BCUT2D eigenvalue weighted by Crippen LogP contribution is -2.21. The van der Waals surface area contributed by atoms with Crippen LogP contribution >= 0.6 is 23.2 Å². The zero-order valence-corrected chi connectivity index (χ0v) is 17.2. The lowest BCUT2D eigenvalue weighted by molar-refractivity contribution is -0.141. The normalized spacial score (nSPS) is 13.0. The molecule has 4 rings (SSSR count). The first kappa shape index (κ1) is 22.3. The number of halogens is 5. The van der Waals surface area contributed by atoms with Crippen molar-refractivity contribution in [2.24, 2.45) is 0 Å². The number of aromatic nitrogens is 5. The predicted molar refractivity (Wildman–Crippen MR) is 105 cm³/mol. The lowest BCUT2D eigenvalue weighted by atomic mass is 10.2. The van der Waals surface area contributed by atoms with Crippen LogP contribution in [0.3, 0.4) is 0 Å². The van der Waals surface area contributed by atoms with Crippen LogP contribution < -0.4 is 4.74 Å². The third-order valence-electron chi connectivity index (χ3n) is 4.16. The maximum atomic E-state index is 12.8. The fraction of sp³-hybridized carbons (Fsp3) is 0.222. The molecule has 1 unspecified atom stereocenters. The standard InChI is InChI=1S/C18H12Cl2F3N5O4/c19-10-4-13(31-7-8(30)6-29)11(20)3-9(10)16-25-17(32-27-16)12-5-28-15(24-12)2-1-14(26-28)18(21,22)23/h1-5,8,29-30H,6-7H2. The van der Waals surface area contributed by atoms with Crippen LogP contribution in [0.25, 0.3) is 28.6 Å². The quantitative estimate of drug-likeness (QED) is 0.422. The van der Waals surface area contributed by atoms with Crippen LogP contribution in [0.2, 0.25) is 10.0 Å². The Kier molecular flexibility index (Phi) is 5.95. The highest BCUT2D eigenvalue weighted by Crippen LogP contribution is 2.36. The van der Waals surface area contributed by atoms with Crippen molar-refractivity contribution in [2.45, 2.75) is 12.3 Å². The first-order valence-corrected chi connectivity index (χ1v) is 9.60. The highest BCUT2D eigenvalue weighted by Gasteiger charge is 2.33. The van der Waals surface area contributed by atoms with Gasteiger partial charge in [-0.1, -0.05) is 28.4 Å². The number of rotatable bonds is 6. The van der Waals surface area contributed by atoms with Gasteiger partial charge in [-0.3, -0.25) is 0 Å². The maximum Gasteiger partial charge on any atom is 0.435 e. The van der Waals surface area contributed by atoms with E-state index in [1.165, 1.54) is 24.4 Å². The van der Waals surface area contributed by atoms with Crippen LogP contribution in [0.5, 0.6) is 5.75 Å². The van der Waals surface area contributed by atoms with E-state index >= 15 is 0 Å². The summed E-state index contributed by atoms with van der Waals surface area (Å²) in [5, 5.41) is 25.8. The van der Waals surface area contributed by atoms with E-state index in [-0.39, 0.29) is 45.5 Å². The van der Waals surface area contributed by atoms with Crippen LogP contribution in [0.15, 0.2) is 35.0 Å². The molecule has 0 aliphatic heterocycles. The maximum absolute atomic E-state index is 12.8. The molecule has 0 bridgehead atoms. The molecule has 4 aromatic rings. The number of imidazole rings is 1. The molecule has 32 heavy (non-hydrogen) atoms. The predicted octanol–water partition coefficient (Wildman–Crippen LogP) is 3.50.